The van der Waals surface area contributed by atoms with E-state index < -0.39 is 6.10 Å². The summed E-state index contributed by atoms with van der Waals surface area (Å²) in [5, 5.41) is 13.9. The summed E-state index contributed by atoms with van der Waals surface area (Å²) in [5.74, 6) is 0.701. The SMILES string of the molecule is CCOc1ccc(CNC[C@@H](O)c2ccccc2)cc1Cl. The maximum atomic E-state index is 10.1. The van der Waals surface area contributed by atoms with Crippen molar-refractivity contribution in [1.29, 1.82) is 0 Å². The minimum atomic E-state index is -0.510. The molecule has 0 spiro atoms. The predicted molar refractivity (Wildman–Crippen MR) is 85.7 cm³/mol. The van der Waals surface area contributed by atoms with Crippen molar-refractivity contribution in [3.05, 3.63) is 64.7 Å². The molecule has 0 amide bonds. The van der Waals surface area contributed by atoms with Gasteiger partial charge in [0.25, 0.3) is 0 Å². The monoisotopic (exact) mass is 305 g/mol. The van der Waals surface area contributed by atoms with Gasteiger partial charge < -0.3 is 15.2 Å². The van der Waals surface area contributed by atoms with Crippen molar-refractivity contribution in [1.82, 2.24) is 5.32 Å². The van der Waals surface area contributed by atoms with Crippen LogP contribution < -0.4 is 10.1 Å². The molecular formula is C17H20ClNO2. The molecule has 4 heteroatoms. The molecule has 0 bridgehead atoms. The van der Waals surface area contributed by atoms with Crippen molar-refractivity contribution in [3.63, 3.8) is 0 Å². The molecule has 2 rings (SSSR count). The summed E-state index contributed by atoms with van der Waals surface area (Å²) in [6, 6.07) is 15.3. The average molecular weight is 306 g/mol. The molecule has 0 aliphatic carbocycles. The second-order valence-corrected chi connectivity index (χ2v) is 5.16. The lowest BCUT2D eigenvalue weighted by atomic mass is 10.1. The van der Waals surface area contributed by atoms with E-state index >= 15 is 0 Å². The van der Waals surface area contributed by atoms with Crippen molar-refractivity contribution in [3.8, 4) is 5.75 Å². The van der Waals surface area contributed by atoms with Crippen molar-refractivity contribution in [2.24, 2.45) is 0 Å². The van der Waals surface area contributed by atoms with E-state index in [-0.39, 0.29) is 0 Å². The summed E-state index contributed by atoms with van der Waals surface area (Å²) in [5.41, 5.74) is 1.97. The predicted octanol–water partition coefficient (Wildman–Crippen LogP) is 3.56. The van der Waals surface area contributed by atoms with Gasteiger partial charge in [0.05, 0.1) is 17.7 Å². The van der Waals surface area contributed by atoms with E-state index in [2.05, 4.69) is 5.32 Å². The summed E-state index contributed by atoms with van der Waals surface area (Å²) in [4.78, 5) is 0. The molecule has 112 valence electrons. The summed E-state index contributed by atoms with van der Waals surface area (Å²) in [7, 11) is 0. The highest BCUT2D eigenvalue weighted by Crippen LogP contribution is 2.25. The van der Waals surface area contributed by atoms with Gasteiger partial charge in [0.15, 0.2) is 0 Å². The number of halogens is 1. The van der Waals surface area contributed by atoms with Gasteiger partial charge in [-0.3, -0.25) is 0 Å². The number of aliphatic hydroxyl groups excluding tert-OH is 1. The zero-order chi connectivity index (χ0) is 15.1. The Morgan fingerprint density at radius 2 is 1.95 bits per heavy atom. The van der Waals surface area contributed by atoms with E-state index in [4.69, 9.17) is 16.3 Å². The third-order valence-corrected chi connectivity index (χ3v) is 3.44. The Bertz CT molecular complexity index is 560. The molecule has 0 saturated heterocycles. The van der Waals surface area contributed by atoms with Crippen LogP contribution in [0.5, 0.6) is 5.75 Å². The fourth-order valence-electron chi connectivity index (χ4n) is 2.07. The van der Waals surface area contributed by atoms with E-state index in [9.17, 15) is 5.11 Å². The first-order chi connectivity index (χ1) is 10.2. The molecular weight excluding hydrogens is 286 g/mol. The molecule has 3 nitrogen and oxygen atoms in total. The summed E-state index contributed by atoms with van der Waals surface area (Å²) >= 11 is 6.14. The Hall–Kier alpha value is -1.55. The Labute approximate surface area is 130 Å². The molecule has 0 heterocycles. The van der Waals surface area contributed by atoms with Gasteiger partial charge in [0.2, 0.25) is 0 Å². The van der Waals surface area contributed by atoms with Crippen LogP contribution in [0.1, 0.15) is 24.2 Å². The van der Waals surface area contributed by atoms with Crippen molar-refractivity contribution in [2.75, 3.05) is 13.2 Å². The van der Waals surface area contributed by atoms with Gasteiger partial charge in [-0.05, 0) is 30.2 Å². The number of hydrogen-bond acceptors (Lipinski definition) is 3. The summed E-state index contributed by atoms with van der Waals surface area (Å²) < 4.78 is 5.40. The largest absolute Gasteiger partial charge is 0.492 e. The van der Waals surface area contributed by atoms with Crippen LogP contribution in [0.25, 0.3) is 0 Å². The lowest BCUT2D eigenvalue weighted by Crippen LogP contribution is -2.21. The standard InChI is InChI=1S/C17H20ClNO2/c1-2-21-17-9-8-13(10-15(17)18)11-19-12-16(20)14-6-4-3-5-7-14/h3-10,16,19-20H,2,11-12H2,1H3/t16-/m1/s1. The van der Waals surface area contributed by atoms with Gasteiger partial charge in [-0.25, -0.2) is 0 Å². The van der Waals surface area contributed by atoms with Gasteiger partial charge in [-0.2, -0.15) is 0 Å². The van der Waals surface area contributed by atoms with Gasteiger partial charge in [0.1, 0.15) is 5.75 Å². The highest BCUT2D eigenvalue weighted by molar-refractivity contribution is 6.32. The number of aliphatic hydroxyl groups is 1. The molecule has 0 aliphatic heterocycles. The van der Waals surface area contributed by atoms with Gasteiger partial charge >= 0.3 is 0 Å². The number of hydrogen-bond donors (Lipinski definition) is 2. The van der Waals surface area contributed by atoms with Crippen LogP contribution in [0.4, 0.5) is 0 Å². The van der Waals surface area contributed by atoms with Crippen molar-refractivity contribution < 1.29 is 9.84 Å². The smallest absolute Gasteiger partial charge is 0.137 e. The molecule has 2 aromatic rings. The molecule has 0 aromatic heterocycles. The molecule has 21 heavy (non-hydrogen) atoms. The number of benzene rings is 2. The van der Waals surface area contributed by atoms with Crippen LogP contribution in [-0.2, 0) is 6.54 Å². The number of nitrogens with one attached hydrogen (secondary N) is 1. The van der Waals surface area contributed by atoms with Crippen molar-refractivity contribution in [2.45, 2.75) is 19.6 Å². The van der Waals surface area contributed by atoms with Gasteiger partial charge in [0, 0.05) is 13.1 Å². The first-order valence-corrected chi connectivity index (χ1v) is 7.43. The van der Waals surface area contributed by atoms with Crippen LogP contribution >= 0.6 is 11.6 Å². The maximum Gasteiger partial charge on any atom is 0.137 e. The number of ether oxygens (including phenoxy) is 1. The third kappa shape index (κ3) is 4.74. The Morgan fingerprint density at radius 3 is 2.62 bits per heavy atom. The molecule has 2 aromatic carbocycles. The Kier molecular flexibility index (Phi) is 6.05. The highest BCUT2D eigenvalue weighted by Gasteiger charge is 2.07. The van der Waals surface area contributed by atoms with E-state index in [1.54, 1.807) is 0 Å². The van der Waals surface area contributed by atoms with Gasteiger partial charge in [-0.15, -0.1) is 0 Å². The second kappa shape index (κ2) is 8.03. The first kappa shape index (κ1) is 15.8. The molecule has 0 saturated carbocycles. The van der Waals surface area contributed by atoms with E-state index in [0.29, 0.717) is 30.5 Å². The average Bonchev–Trinajstić information content (AvgIpc) is 2.51. The van der Waals surface area contributed by atoms with E-state index in [1.165, 1.54) is 0 Å². The molecule has 0 fully saturated rings. The van der Waals surface area contributed by atoms with Crippen LogP contribution in [0.3, 0.4) is 0 Å². The van der Waals surface area contributed by atoms with Crippen LogP contribution in [0.2, 0.25) is 5.02 Å². The lowest BCUT2D eigenvalue weighted by molar-refractivity contribution is 0.174. The Balaban J connectivity index is 1.85. The quantitative estimate of drug-likeness (QED) is 0.822. The fraction of sp³-hybridized carbons (Fsp3) is 0.294. The first-order valence-electron chi connectivity index (χ1n) is 7.05. The third-order valence-electron chi connectivity index (χ3n) is 3.15. The van der Waals surface area contributed by atoms with Gasteiger partial charge in [-0.1, -0.05) is 48.0 Å². The zero-order valence-corrected chi connectivity index (χ0v) is 12.8. The van der Waals surface area contributed by atoms with E-state index in [1.807, 2.05) is 55.5 Å². The fourth-order valence-corrected chi connectivity index (χ4v) is 2.33. The molecule has 0 unspecified atom stereocenters. The molecule has 2 N–H and O–H groups in total. The number of rotatable bonds is 7. The Morgan fingerprint density at radius 1 is 1.19 bits per heavy atom. The molecule has 0 aliphatic rings. The molecule has 1 atom stereocenters. The normalized spacial score (nSPS) is 12.1. The van der Waals surface area contributed by atoms with Crippen molar-refractivity contribution >= 4 is 11.6 Å². The minimum absolute atomic E-state index is 0.495. The lowest BCUT2D eigenvalue weighted by Gasteiger charge is -2.13. The second-order valence-electron chi connectivity index (χ2n) is 4.76. The summed E-state index contributed by atoms with van der Waals surface area (Å²) in [6.07, 6.45) is -0.510. The minimum Gasteiger partial charge on any atom is -0.492 e. The zero-order valence-electron chi connectivity index (χ0n) is 12.1. The molecule has 0 radical (unpaired) electrons. The van der Waals surface area contributed by atoms with E-state index in [0.717, 1.165) is 11.1 Å². The van der Waals surface area contributed by atoms with Crippen LogP contribution in [-0.4, -0.2) is 18.3 Å². The summed E-state index contributed by atoms with van der Waals surface area (Å²) in [6.45, 7) is 3.67. The topological polar surface area (TPSA) is 41.5 Å². The highest BCUT2D eigenvalue weighted by atomic mass is 35.5. The van der Waals surface area contributed by atoms with Crippen LogP contribution in [0.15, 0.2) is 48.5 Å². The maximum absolute atomic E-state index is 10.1. The van der Waals surface area contributed by atoms with Crippen LogP contribution in [0, 0.1) is 0 Å².